The number of ether oxygens (including phenoxy) is 3. The number of rotatable bonds is 14. The molecule has 6 heteroatoms. The normalized spacial score (nSPS) is 12.6. The van der Waals surface area contributed by atoms with E-state index in [1.165, 1.54) is 7.11 Å². The van der Waals surface area contributed by atoms with Crippen LogP contribution in [-0.2, 0) is 19.0 Å². The van der Waals surface area contributed by atoms with Crippen LogP contribution in [0.3, 0.4) is 0 Å². The van der Waals surface area contributed by atoms with E-state index in [1.54, 1.807) is 0 Å². The minimum atomic E-state index is -0.248. The monoisotopic (exact) mass is 304 g/mol. The first-order valence-corrected chi connectivity index (χ1v) is 7.88. The van der Waals surface area contributed by atoms with Crippen molar-refractivity contribution < 1.29 is 19.0 Å². The van der Waals surface area contributed by atoms with E-state index in [4.69, 9.17) is 14.2 Å². The Morgan fingerprint density at radius 1 is 1.05 bits per heavy atom. The maximum Gasteiger partial charge on any atom is 0.322 e. The van der Waals surface area contributed by atoms with Crippen molar-refractivity contribution in [1.29, 1.82) is 0 Å². The van der Waals surface area contributed by atoms with E-state index in [0.29, 0.717) is 13.2 Å². The molecule has 0 radical (unpaired) electrons. The van der Waals surface area contributed by atoms with Crippen molar-refractivity contribution in [3.63, 3.8) is 0 Å². The molecule has 0 aromatic heterocycles. The number of methoxy groups -OCH3 is 1. The Labute approximate surface area is 129 Å². The van der Waals surface area contributed by atoms with Crippen LogP contribution in [0, 0.1) is 0 Å². The van der Waals surface area contributed by atoms with Gasteiger partial charge in [-0.25, -0.2) is 0 Å². The minimum Gasteiger partial charge on any atom is -0.468 e. The molecule has 21 heavy (non-hydrogen) atoms. The molecule has 1 N–H and O–H groups in total. The van der Waals surface area contributed by atoms with Crippen LogP contribution in [-0.4, -0.2) is 76.6 Å². The predicted molar refractivity (Wildman–Crippen MR) is 83.5 cm³/mol. The van der Waals surface area contributed by atoms with E-state index in [0.717, 1.165) is 45.8 Å². The molecule has 0 aliphatic rings. The third-order valence-electron chi connectivity index (χ3n) is 3.18. The SMILES string of the molecule is CCNC(CCN(CCOCC)CCOCC)C(=O)OC. The van der Waals surface area contributed by atoms with Gasteiger partial charge in [-0.05, 0) is 26.8 Å². The van der Waals surface area contributed by atoms with Gasteiger partial charge in [-0.1, -0.05) is 6.92 Å². The first-order valence-electron chi connectivity index (χ1n) is 7.88. The van der Waals surface area contributed by atoms with Crippen molar-refractivity contribution in [2.75, 3.05) is 59.7 Å². The molecule has 0 aliphatic carbocycles. The summed E-state index contributed by atoms with van der Waals surface area (Å²) in [5, 5.41) is 3.16. The Morgan fingerprint density at radius 2 is 1.62 bits per heavy atom. The van der Waals surface area contributed by atoms with Gasteiger partial charge in [-0.2, -0.15) is 0 Å². The van der Waals surface area contributed by atoms with Crippen LogP contribution in [0.1, 0.15) is 27.2 Å². The Balaban J connectivity index is 4.22. The van der Waals surface area contributed by atoms with Crippen LogP contribution in [0.5, 0.6) is 0 Å². The molecule has 0 saturated heterocycles. The summed E-state index contributed by atoms with van der Waals surface area (Å²) in [4.78, 5) is 13.9. The Kier molecular flexibility index (Phi) is 13.8. The Bertz CT molecular complexity index is 242. The van der Waals surface area contributed by atoms with Crippen molar-refractivity contribution >= 4 is 5.97 Å². The maximum absolute atomic E-state index is 11.7. The lowest BCUT2D eigenvalue weighted by Gasteiger charge is -2.24. The summed E-state index contributed by atoms with van der Waals surface area (Å²) in [5.74, 6) is -0.202. The lowest BCUT2D eigenvalue weighted by Crippen LogP contribution is -2.41. The number of hydrogen-bond acceptors (Lipinski definition) is 6. The van der Waals surface area contributed by atoms with E-state index in [-0.39, 0.29) is 12.0 Å². The standard InChI is InChI=1S/C15H32N2O4/c1-5-16-14(15(18)19-4)8-9-17(10-12-20-6-2)11-13-21-7-3/h14,16H,5-13H2,1-4H3. The van der Waals surface area contributed by atoms with E-state index in [1.807, 2.05) is 20.8 Å². The van der Waals surface area contributed by atoms with Crippen LogP contribution >= 0.6 is 0 Å². The molecule has 0 aliphatic heterocycles. The molecule has 1 unspecified atom stereocenters. The van der Waals surface area contributed by atoms with E-state index >= 15 is 0 Å². The minimum absolute atomic E-state index is 0.202. The van der Waals surface area contributed by atoms with Gasteiger partial charge >= 0.3 is 5.97 Å². The number of esters is 1. The van der Waals surface area contributed by atoms with Gasteiger partial charge in [0.15, 0.2) is 0 Å². The van der Waals surface area contributed by atoms with Gasteiger partial charge in [0.2, 0.25) is 0 Å². The summed E-state index contributed by atoms with van der Waals surface area (Å²) in [5.41, 5.74) is 0. The fourth-order valence-corrected chi connectivity index (χ4v) is 2.01. The highest BCUT2D eigenvalue weighted by atomic mass is 16.5. The first-order chi connectivity index (χ1) is 10.2. The van der Waals surface area contributed by atoms with Crippen LogP contribution in [0.25, 0.3) is 0 Å². The smallest absolute Gasteiger partial charge is 0.322 e. The number of likely N-dealkylation sites (N-methyl/N-ethyl adjacent to an activating group) is 1. The molecule has 0 bridgehead atoms. The van der Waals surface area contributed by atoms with Gasteiger partial charge in [0.1, 0.15) is 6.04 Å². The second-order valence-corrected chi connectivity index (χ2v) is 4.66. The van der Waals surface area contributed by atoms with Gasteiger partial charge in [-0.3, -0.25) is 9.69 Å². The van der Waals surface area contributed by atoms with Gasteiger partial charge in [0, 0.05) is 32.8 Å². The quantitative estimate of drug-likeness (QED) is 0.380. The summed E-state index contributed by atoms with van der Waals surface area (Å²) in [7, 11) is 1.43. The Morgan fingerprint density at radius 3 is 2.05 bits per heavy atom. The van der Waals surface area contributed by atoms with Crippen LogP contribution in [0.2, 0.25) is 0 Å². The van der Waals surface area contributed by atoms with Crippen LogP contribution < -0.4 is 5.32 Å². The van der Waals surface area contributed by atoms with Gasteiger partial charge in [0.05, 0.1) is 20.3 Å². The van der Waals surface area contributed by atoms with Crippen molar-refractivity contribution in [2.45, 2.75) is 33.2 Å². The molecule has 126 valence electrons. The van der Waals surface area contributed by atoms with Gasteiger partial charge < -0.3 is 19.5 Å². The molecule has 0 spiro atoms. The molecule has 0 saturated carbocycles. The third-order valence-corrected chi connectivity index (χ3v) is 3.18. The third kappa shape index (κ3) is 10.6. The zero-order chi connectivity index (χ0) is 15.9. The number of carbonyl (C=O) groups is 1. The maximum atomic E-state index is 11.7. The number of nitrogens with zero attached hydrogens (tertiary/aromatic N) is 1. The van der Waals surface area contributed by atoms with Crippen molar-refractivity contribution in [1.82, 2.24) is 10.2 Å². The van der Waals surface area contributed by atoms with Crippen LogP contribution in [0.15, 0.2) is 0 Å². The molecule has 0 amide bonds. The molecular weight excluding hydrogens is 272 g/mol. The summed E-state index contributed by atoms with van der Waals surface area (Å²) in [6, 6.07) is -0.248. The molecular formula is C15H32N2O4. The summed E-state index contributed by atoms with van der Waals surface area (Å²) >= 11 is 0. The lowest BCUT2D eigenvalue weighted by molar-refractivity contribution is -0.143. The van der Waals surface area contributed by atoms with Gasteiger partial charge in [-0.15, -0.1) is 0 Å². The second kappa shape index (κ2) is 14.3. The van der Waals surface area contributed by atoms with Crippen LogP contribution in [0.4, 0.5) is 0 Å². The molecule has 0 rings (SSSR count). The highest BCUT2D eigenvalue weighted by Gasteiger charge is 2.18. The zero-order valence-corrected chi connectivity index (χ0v) is 14.0. The average Bonchev–Trinajstić information content (AvgIpc) is 2.50. The molecule has 0 fully saturated rings. The largest absolute Gasteiger partial charge is 0.468 e. The second-order valence-electron chi connectivity index (χ2n) is 4.66. The van der Waals surface area contributed by atoms with E-state index < -0.39 is 0 Å². The molecule has 6 nitrogen and oxygen atoms in total. The highest BCUT2D eigenvalue weighted by Crippen LogP contribution is 2.00. The first kappa shape index (κ1) is 20.3. The average molecular weight is 304 g/mol. The van der Waals surface area contributed by atoms with Crippen molar-refractivity contribution in [3.8, 4) is 0 Å². The topological polar surface area (TPSA) is 60.0 Å². The van der Waals surface area contributed by atoms with E-state index in [2.05, 4.69) is 10.2 Å². The number of hydrogen-bond donors (Lipinski definition) is 1. The number of carbonyl (C=O) groups excluding carboxylic acids is 1. The molecule has 0 heterocycles. The zero-order valence-electron chi connectivity index (χ0n) is 14.0. The predicted octanol–water partition coefficient (Wildman–Crippen LogP) is 0.903. The highest BCUT2D eigenvalue weighted by molar-refractivity contribution is 5.75. The molecule has 0 aromatic rings. The van der Waals surface area contributed by atoms with Crippen molar-refractivity contribution in [3.05, 3.63) is 0 Å². The Hall–Kier alpha value is -0.690. The van der Waals surface area contributed by atoms with E-state index in [9.17, 15) is 4.79 Å². The summed E-state index contributed by atoms with van der Waals surface area (Å²) < 4.78 is 15.6. The van der Waals surface area contributed by atoms with Crippen molar-refractivity contribution in [2.24, 2.45) is 0 Å². The molecule has 1 atom stereocenters. The lowest BCUT2D eigenvalue weighted by atomic mass is 10.2. The van der Waals surface area contributed by atoms with Gasteiger partial charge in [0.25, 0.3) is 0 Å². The fourth-order valence-electron chi connectivity index (χ4n) is 2.01. The molecule has 0 aromatic carbocycles. The summed E-state index contributed by atoms with van der Waals surface area (Å²) in [6.45, 7) is 12.1. The fraction of sp³-hybridized carbons (Fsp3) is 0.933. The summed E-state index contributed by atoms with van der Waals surface area (Å²) in [6.07, 6.45) is 0.721. The number of nitrogens with one attached hydrogen (secondary N) is 1.